The molecule has 0 atom stereocenters. The molecule has 0 amide bonds. The molecular weight excluding hydrogens is 2100 g/mol. The molecule has 49 heteroatoms. The van der Waals surface area contributed by atoms with E-state index in [0.29, 0.717) is 41.5 Å². The second-order valence-electron chi connectivity index (χ2n) is 24.7. The molecule has 43 nitrogen and oxygen atoms in total. The number of ether oxygens (including phenoxy) is 10. The third-order valence-electron chi connectivity index (χ3n) is 16.0. The zero-order valence-corrected chi connectivity index (χ0v) is 80.6. The molecule has 1 fully saturated rings. The molecule has 2 aromatic heterocycles. The van der Waals surface area contributed by atoms with E-state index in [2.05, 4.69) is 81.6 Å². The minimum Gasteiger partial charge on any atom is -0.265 e. The fourth-order valence-corrected chi connectivity index (χ4v) is 10.1. The van der Waals surface area contributed by atoms with Crippen LogP contribution in [0.15, 0.2) is 220 Å². The number of benzene rings is 7. The van der Waals surface area contributed by atoms with E-state index in [1.165, 1.54) is 136 Å². The molecule has 136 heavy (non-hydrogen) atoms. The molecule has 0 aliphatic carbocycles. The molecule has 0 spiro atoms. The number of aldehydes is 1. The van der Waals surface area contributed by atoms with E-state index in [1.807, 2.05) is 46.9 Å². The number of aliphatic imine (C=N–C) groups is 1. The number of hydrogen-bond donors (Lipinski definition) is 13. The van der Waals surface area contributed by atoms with Gasteiger partial charge in [-0.1, -0.05) is 85.7 Å². The molecule has 11 rings (SSSR count). The van der Waals surface area contributed by atoms with Gasteiger partial charge in [-0.2, -0.15) is 8.42 Å². The maximum atomic E-state index is 11.3. The van der Waals surface area contributed by atoms with Gasteiger partial charge >= 0.3 is 103 Å². The molecule has 14 N–H and O–H groups in total. The standard InChI is InChI=1S/C13H17NO5.C11H13NO3.C11H9NO3.C10H10O3.C9H8O4.C9H8O3.C8H7IO3.C6H9B3O3.C5H5N.C4H11NO2.CH4O.H2O4S.4O.Os/c1-17-12(18-2)8-14-7-9-4-5-10(11(15)6-9)13(16)19-3;2*1-15-11(14)9-3-2-7-6-12-5-4-8(7)10(9)13;1-3-7-4-5-8(9(11)6-7)10(12)13-2;1-13-9(12)7-3-2-6(5-10)4-8(7)11;1-2-6-3-4-7(9(11)12)8(10)5-6;1-12-8(11)6-3-2-5(9)4-7(6)10;1-4-7-10-8(5-2)12-9(6-3)11-7;1-2-4-6-5-3-1;1-6-4(3-5)7-2;1-2;1-5(2,3)4;;;;;/h4-7,12,15H,8H2,1-3H3;2-3,12-13H,4-6H2,1H3;2-6,13H,1H3;3-6,11H,1H2,2H3;2-5,11H,1H3;2-5,10H,1H2,(H,11,12);2-4,10H,1H3;4-6H,1-3H2;1-5H;4H,3,5H2,1-2H3;2H,1H3;(H2,1,2,3,4);;;;;. The van der Waals surface area contributed by atoms with Crippen LogP contribution in [0.5, 0.6) is 40.2 Å². The number of nitrogens with two attached hydrogens (primary N) is 1. The van der Waals surface area contributed by atoms with Crippen LogP contribution in [-0.4, -0.2) is 260 Å². The molecule has 7 aromatic carbocycles. The van der Waals surface area contributed by atoms with Crippen molar-refractivity contribution in [1.29, 1.82) is 0 Å². The number of halogens is 1. The number of methoxy groups -OCH3 is 10. The molecule has 4 heterocycles. The normalized spacial score (nSPS) is 11.0. The van der Waals surface area contributed by atoms with E-state index in [0.717, 1.165) is 52.3 Å². The number of aliphatic hydroxyl groups is 1. The fraction of sp³-hybridized carbons (Fsp3) is 0.207. The number of pyridine rings is 2. The molecule has 0 bridgehead atoms. The Balaban J connectivity index is 0. The average molecular weight is 2210 g/mol. The number of nitrogens with zero attached hydrogens (tertiary/aromatic N) is 3. The van der Waals surface area contributed by atoms with E-state index < -0.39 is 94.7 Å². The van der Waals surface area contributed by atoms with Crippen LogP contribution >= 0.6 is 22.6 Å². The predicted octanol–water partition coefficient (Wildman–Crippen LogP) is 9.91. The maximum Gasteiger partial charge on any atom is 0.0267 e. The number of carboxylic acids is 1. The van der Waals surface area contributed by atoms with Gasteiger partial charge in [0, 0.05) is 105 Å². The Morgan fingerprint density at radius 1 is 0.500 bits per heavy atom. The average Bonchev–Trinajstić information content (AvgIpc) is 0.806. The van der Waals surface area contributed by atoms with Gasteiger partial charge in [0.1, 0.15) is 85.5 Å². The van der Waals surface area contributed by atoms with Gasteiger partial charge < -0.3 is 118 Å². The first-order chi connectivity index (χ1) is 64.4. The van der Waals surface area contributed by atoms with Crippen molar-refractivity contribution in [3.8, 4) is 40.2 Å². The second-order valence-corrected chi connectivity index (χ2v) is 29.4. The van der Waals surface area contributed by atoms with Gasteiger partial charge in [-0.25, -0.2) is 33.6 Å². The number of nitrogens with one attached hydrogen (secondary N) is 1. The molecular formula is C87H103B3IN5O38OsS. The van der Waals surface area contributed by atoms with Crippen LogP contribution in [0.4, 0.5) is 0 Å². The van der Waals surface area contributed by atoms with E-state index >= 15 is 0 Å². The topological polar surface area (TPSA) is 658 Å². The van der Waals surface area contributed by atoms with Gasteiger partial charge in [-0.15, -0.1) is 19.7 Å². The zero-order valence-electron chi connectivity index (χ0n) is 75.1. The van der Waals surface area contributed by atoms with Crippen LogP contribution in [0, 0.1) is 3.57 Å². The van der Waals surface area contributed by atoms with Gasteiger partial charge in [-0.05, 0) is 155 Å². The third-order valence-corrected chi connectivity index (χ3v) is 16.7. The van der Waals surface area contributed by atoms with Crippen molar-refractivity contribution in [1.82, 2.24) is 15.3 Å². The monoisotopic (exact) mass is 2210 g/mol. The van der Waals surface area contributed by atoms with Crippen molar-refractivity contribution in [3.63, 3.8) is 0 Å². The largest absolute Gasteiger partial charge is 0.265 e. The van der Waals surface area contributed by atoms with Crippen LogP contribution in [0.25, 0.3) is 22.9 Å². The number of esters is 6. The Morgan fingerprint density at radius 3 is 1.19 bits per heavy atom. The summed E-state index contributed by atoms with van der Waals surface area (Å²) in [6, 6.07) is 36.3. The molecule has 0 unspecified atom stereocenters. The first-order valence-corrected chi connectivity index (χ1v) is 44.6. The third kappa shape index (κ3) is 49.8. The number of rotatable bonds is 21. The molecule has 1 saturated heterocycles. The minimum absolute atomic E-state index is 0.0475. The Labute approximate surface area is 799 Å². The molecule has 0 radical (unpaired) electrons. The summed E-state index contributed by atoms with van der Waals surface area (Å²) >= 11 is -4.01. The Bertz CT molecular complexity index is 5610. The van der Waals surface area contributed by atoms with Gasteiger partial charge in [0.25, 0.3) is 0 Å². The Morgan fingerprint density at radius 2 is 0.853 bits per heavy atom. The first kappa shape index (κ1) is 124. The predicted molar refractivity (Wildman–Crippen MR) is 498 cm³/mol. The number of carbonyl (C=O) groups is 8. The zero-order chi connectivity index (χ0) is 104. The number of hydrogen-bond acceptors (Lipinski definition) is 40. The van der Waals surface area contributed by atoms with Crippen LogP contribution in [0.2, 0.25) is 0 Å². The number of phenols is 7. The number of aromatic nitrogens is 2. The quantitative estimate of drug-likeness (QED) is 0.00465. The van der Waals surface area contributed by atoms with Crippen molar-refractivity contribution >= 4 is 132 Å². The maximum absolute atomic E-state index is 11.3. The van der Waals surface area contributed by atoms with Gasteiger partial charge in [0.15, 0.2) is 12.6 Å². The summed E-state index contributed by atoms with van der Waals surface area (Å²) in [5.74, 6) is -0.585. The summed E-state index contributed by atoms with van der Waals surface area (Å²) < 4.78 is 129. The molecule has 9 aromatic rings. The number of carbonyl (C=O) groups excluding carboxylic acids is 7. The number of aliphatic hydroxyl groups excluding tert-OH is 1. The van der Waals surface area contributed by atoms with Crippen molar-refractivity contribution in [2.75, 3.05) is 97.8 Å². The first-order valence-electron chi connectivity index (χ1n) is 38.0. The second kappa shape index (κ2) is 69.1. The van der Waals surface area contributed by atoms with Crippen LogP contribution in [0.3, 0.4) is 0 Å². The number of fused-ring (bicyclic) bond motifs is 2. The Hall–Kier alpha value is -13.7. The number of phenolic OH excluding ortho intramolecular Hbond substituents is 6. The smallest absolute Gasteiger partial charge is 0.0267 e. The van der Waals surface area contributed by atoms with Gasteiger partial charge in [0.2, 0.25) is 0 Å². The minimum atomic E-state index is -6.06. The van der Waals surface area contributed by atoms with Crippen LogP contribution in [-0.2, 0) is 113 Å². The summed E-state index contributed by atoms with van der Waals surface area (Å²) in [6.07, 6.45) is 12.0. The van der Waals surface area contributed by atoms with Gasteiger partial charge in [0.05, 0.1) is 49.2 Å². The number of aromatic carboxylic acids is 1. The summed E-state index contributed by atoms with van der Waals surface area (Å²) in [5, 5.41) is 86.6. The van der Waals surface area contributed by atoms with Crippen molar-refractivity contribution in [2.45, 2.75) is 25.5 Å². The number of aromatic hydroxyl groups is 7. The van der Waals surface area contributed by atoms with Crippen molar-refractivity contribution < 1.29 is 192 Å². The fourth-order valence-electron chi connectivity index (χ4n) is 9.60. The molecule has 2 aliphatic heterocycles. The summed E-state index contributed by atoms with van der Waals surface area (Å²) in [4.78, 5) is 99.4. The molecule has 734 valence electrons. The van der Waals surface area contributed by atoms with E-state index in [9.17, 15) is 69.0 Å². The summed E-state index contributed by atoms with van der Waals surface area (Å²) in [7, 11) is 8.75. The number of carboxylic acid groups (broad SMARTS) is 1. The van der Waals surface area contributed by atoms with E-state index in [-0.39, 0.29) is 85.5 Å². The summed E-state index contributed by atoms with van der Waals surface area (Å²) in [6.45, 7) is 20.0. The van der Waals surface area contributed by atoms with Crippen molar-refractivity contribution in [2.24, 2.45) is 10.7 Å². The molecule has 0 saturated carbocycles. The van der Waals surface area contributed by atoms with Crippen LogP contribution < -0.4 is 11.1 Å². The molecule has 2 aliphatic rings. The SMILES string of the molecule is C=CB1OB(C=C)OB(C=C)O1.C=Cc1ccc(C(=O)O)c(O)c1.C=Cc1ccc(C(=O)OC)c(O)c1.CO.COC(=O)c1ccc(C=NCC(OC)OC)cc1O.COC(=O)c1ccc(C=O)cc1O.COC(=O)c1ccc(I)cc1O.COC(=O)c1ccc2c(c1O)CCNC2.COC(=O)c1ccc2cnccc2c1O.COC(CN)OC.O=S(=O)(O)O.[O]=[Os](=[O])(=[O])=[O].c1ccncc1. The van der Waals surface area contributed by atoms with Crippen LogP contribution in [0.1, 0.15) is 111 Å². The van der Waals surface area contributed by atoms with E-state index in [4.69, 9.17) is 85.4 Å². The Kier molecular flexibility index (Phi) is 63.2. The summed E-state index contributed by atoms with van der Waals surface area (Å²) in [5.41, 5.74) is 10.3. The van der Waals surface area contributed by atoms with Gasteiger partial charge in [-0.3, -0.25) is 28.9 Å². The van der Waals surface area contributed by atoms with Crippen molar-refractivity contribution in [3.05, 3.63) is 291 Å². The van der Waals surface area contributed by atoms with E-state index in [1.54, 1.807) is 112 Å².